The Hall–Kier alpha value is -2.14. The second kappa shape index (κ2) is 4.62. The van der Waals surface area contributed by atoms with Crippen LogP contribution in [0.2, 0.25) is 5.02 Å². The van der Waals surface area contributed by atoms with Gasteiger partial charge >= 0.3 is 5.97 Å². The zero-order valence-electron chi connectivity index (χ0n) is 9.02. The Labute approximate surface area is 107 Å². The third kappa shape index (κ3) is 2.41. The van der Waals surface area contributed by atoms with Gasteiger partial charge in [0.05, 0.1) is 5.69 Å². The zero-order chi connectivity index (χ0) is 13.3. The summed E-state index contributed by atoms with van der Waals surface area (Å²) < 4.78 is 13.7. The van der Waals surface area contributed by atoms with Crippen LogP contribution in [0.25, 0.3) is 11.3 Å². The summed E-state index contributed by atoms with van der Waals surface area (Å²) in [5.74, 6) is -1.81. The van der Waals surface area contributed by atoms with Crippen LogP contribution >= 0.6 is 11.6 Å². The first kappa shape index (κ1) is 12.3. The van der Waals surface area contributed by atoms with Gasteiger partial charge < -0.3 is 10.8 Å². The SMILES string of the molecule is Nc1cc(C(=O)O)nc(-c2ccc(Cl)cc2F)c1. The third-order valence-electron chi connectivity index (χ3n) is 2.27. The number of aromatic carboxylic acids is 1. The molecule has 2 aromatic rings. The van der Waals surface area contributed by atoms with E-state index in [-0.39, 0.29) is 27.7 Å². The number of nitrogens with zero attached hydrogens (tertiary/aromatic N) is 1. The Morgan fingerprint density at radius 1 is 1.33 bits per heavy atom. The molecule has 0 aliphatic rings. The molecule has 4 nitrogen and oxygen atoms in total. The van der Waals surface area contributed by atoms with E-state index in [4.69, 9.17) is 22.4 Å². The predicted molar refractivity (Wildman–Crippen MR) is 66.0 cm³/mol. The lowest BCUT2D eigenvalue weighted by Crippen LogP contribution is -2.03. The number of pyridine rings is 1. The van der Waals surface area contributed by atoms with Crippen LogP contribution in [-0.4, -0.2) is 16.1 Å². The number of carboxylic acids is 1. The van der Waals surface area contributed by atoms with Crippen molar-refractivity contribution in [3.05, 3.63) is 46.9 Å². The first-order valence-corrected chi connectivity index (χ1v) is 5.31. The average molecular weight is 267 g/mol. The minimum Gasteiger partial charge on any atom is -0.477 e. The Bertz CT molecular complexity index is 631. The summed E-state index contributed by atoms with van der Waals surface area (Å²) in [6.45, 7) is 0. The molecule has 0 saturated carbocycles. The first-order valence-electron chi connectivity index (χ1n) is 4.93. The maximum Gasteiger partial charge on any atom is 0.354 e. The summed E-state index contributed by atoms with van der Waals surface area (Å²) in [5.41, 5.74) is 5.83. The van der Waals surface area contributed by atoms with E-state index in [1.807, 2.05) is 0 Å². The quantitative estimate of drug-likeness (QED) is 0.876. The van der Waals surface area contributed by atoms with Crippen LogP contribution in [0, 0.1) is 5.82 Å². The van der Waals surface area contributed by atoms with Crippen molar-refractivity contribution in [2.45, 2.75) is 0 Å². The molecule has 92 valence electrons. The Balaban J connectivity index is 2.60. The second-order valence-corrected chi connectivity index (χ2v) is 4.04. The van der Waals surface area contributed by atoms with Crippen LogP contribution in [0.5, 0.6) is 0 Å². The topological polar surface area (TPSA) is 76.2 Å². The van der Waals surface area contributed by atoms with Crippen molar-refractivity contribution >= 4 is 23.3 Å². The molecule has 0 fully saturated rings. The molecule has 0 unspecified atom stereocenters. The average Bonchev–Trinajstić information content (AvgIpc) is 2.27. The molecule has 3 N–H and O–H groups in total. The summed E-state index contributed by atoms with van der Waals surface area (Å²) in [6.07, 6.45) is 0. The monoisotopic (exact) mass is 266 g/mol. The molecule has 1 aromatic heterocycles. The van der Waals surface area contributed by atoms with Gasteiger partial charge in [0.15, 0.2) is 5.69 Å². The number of nitrogens with two attached hydrogens (primary N) is 1. The van der Waals surface area contributed by atoms with E-state index in [0.29, 0.717) is 0 Å². The standard InChI is InChI=1S/C12H8ClFN2O2/c13-6-1-2-8(9(14)3-6)10-4-7(15)5-11(16-10)12(17)18/h1-5H,(H2,15,16)(H,17,18). The molecule has 0 aliphatic heterocycles. The minimum absolute atomic E-state index is 0.147. The lowest BCUT2D eigenvalue weighted by atomic mass is 10.1. The van der Waals surface area contributed by atoms with Crippen molar-refractivity contribution in [3.63, 3.8) is 0 Å². The van der Waals surface area contributed by atoms with Crippen LogP contribution < -0.4 is 5.73 Å². The Morgan fingerprint density at radius 3 is 2.67 bits per heavy atom. The maximum atomic E-state index is 13.7. The zero-order valence-corrected chi connectivity index (χ0v) is 9.78. The highest BCUT2D eigenvalue weighted by atomic mass is 35.5. The number of hydrogen-bond acceptors (Lipinski definition) is 3. The normalized spacial score (nSPS) is 10.3. The van der Waals surface area contributed by atoms with Gasteiger partial charge in [0.25, 0.3) is 0 Å². The highest BCUT2D eigenvalue weighted by Gasteiger charge is 2.12. The largest absolute Gasteiger partial charge is 0.477 e. The molecule has 0 radical (unpaired) electrons. The van der Waals surface area contributed by atoms with Gasteiger partial charge in [-0.25, -0.2) is 14.2 Å². The second-order valence-electron chi connectivity index (χ2n) is 3.60. The molecular formula is C12H8ClFN2O2. The third-order valence-corrected chi connectivity index (χ3v) is 2.51. The molecule has 2 rings (SSSR count). The molecule has 1 aromatic carbocycles. The van der Waals surface area contributed by atoms with E-state index in [0.717, 1.165) is 6.07 Å². The van der Waals surface area contributed by atoms with Crippen molar-refractivity contribution in [2.75, 3.05) is 5.73 Å². The molecule has 0 saturated heterocycles. The first-order chi connectivity index (χ1) is 8.47. The summed E-state index contributed by atoms with van der Waals surface area (Å²) in [7, 11) is 0. The molecule has 18 heavy (non-hydrogen) atoms. The van der Waals surface area contributed by atoms with Crippen LogP contribution in [0.1, 0.15) is 10.5 Å². The molecule has 0 bridgehead atoms. The van der Waals surface area contributed by atoms with E-state index in [9.17, 15) is 9.18 Å². The molecule has 1 heterocycles. The van der Waals surface area contributed by atoms with Gasteiger partial charge in [-0.05, 0) is 30.3 Å². The Morgan fingerprint density at radius 2 is 2.06 bits per heavy atom. The molecule has 0 spiro atoms. The van der Waals surface area contributed by atoms with E-state index >= 15 is 0 Å². The molecule has 6 heteroatoms. The van der Waals surface area contributed by atoms with Crippen LogP contribution in [0.4, 0.5) is 10.1 Å². The van der Waals surface area contributed by atoms with Gasteiger partial charge in [-0.15, -0.1) is 0 Å². The number of halogens is 2. The highest BCUT2D eigenvalue weighted by molar-refractivity contribution is 6.30. The summed E-state index contributed by atoms with van der Waals surface area (Å²) in [6, 6.07) is 6.65. The van der Waals surface area contributed by atoms with E-state index in [1.165, 1.54) is 24.3 Å². The molecular weight excluding hydrogens is 259 g/mol. The van der Waals surface area contributed by atoms with Crippen molar-refractivity contribution in [2.24, 2.45) is 0 Å². The maximum absolute atomic E-state index is 13.7. The van der Waals surface area contributed by atoms with Crippen LogP contribution in [0.15, 0.2) is 30.3 Å². The number of benzene rings is 1. The molecule has 0 amide bonds. The fraction of sp³-hybridized carbons (Fsp3) is 0. The fourth-order valence-corrected chi connectivity index (χ4v) is 1.66. The lowest BCUT2D eigenvalue weighted by molar-refractivity contribution is 0.0690. The number of carboxylic acid groups (broad SMARTS) is 1. The van der Waals surface area contributed by atoms with Gasteiger partial charge in [-0.3, -0.25) is 0 Å². The van der Waals surface area contributed by atoms with E-state index in [2.05, 4.69) is 4.98 Å². The number of nitrogen functional groups attached to an aromatic ring is 1. The number of anilines is 1. The van der Waals surface area contributed by atoms with Crippen molar-refractivity contribution in [3.8, 4) is 11.3 Å². The van der Waals surface area contributed by atoms with Gasteiger partial charge in [0.1, 0.15) is 5.82 Å². The van der Waals surface area contributed by atoms with E-state index < -0.39 is 11.8 Å². The smallest absolute Gasteiger partial charge is 0.354 e. The van der Waals surface area contributed by atoms with E-state index in [1.54, 1.807) is 0 Å². The van der Waals surface area contributed by atoms with Gasteiger partial charge in [-0.2, -0.15) is 0 Å². The number of carbonyl (C=O) groups is 1. The summed E-state index contributed by atoms with van der Waals surface area (Å²) >= 11 is 5.64. The number of aromatic nitrogens is 1. The fourth-order valence-electron chi connectivity index (χ4n) is 1.50. The molecule has 0 atom stereocenters. The van der Waals surface area contributed by atoms with Crippen molar-refractivity contribution in [1.29, 1.82) is 0 Å². The van der Waals surface area contributed by atoms with Gasteiger partial charge in [0.2, 0.25) is 0 Å². The lowest BCUT2D eigenvalue weighted by Gasteiger charge is -2.05. The van der Waals surface area contributed by atoms with Crippen molar-refractivity contribution < 1.29 is 14.3 Å². The Kier molecular flexibility index (Phi) is 3.16. The summed E-state index contributed by atoms with van der Waals surface area (Å²) in [5, 5.41) is 9.11. The van der Waals surface area contributed by atoms with Gasteiger partial charge in [-0.1, -0.05) is 11.6 Å². The summed E-state index contributed by atoms with van der Waals surface area (Å²) in [4.78, 5) is 14.7. The van der Waals surface area contributed by atoms with Crippen LogP contribution in [-0.2, 0) is 0 Å². The number of rotatable bonds is 2. The molecule has 0 aliphatic carbocycles. The van der Waals surface area contributed by atoms with Crippen LogP contribution in [0.3, 0.4) is 0 Å². The minimum atomic E-state index is -1.22. The van der Waals surface area contributed by atoms with Gasteiger partial charge in [0, 0.05) is 16.3 Å². The number of hydrogen-bond donors (Lipinski definition) is 2. The predicted octanol–water partition coefficient (Wildman–Crippen LogP) is 2.82. The highest BCUT2D eigenvalue weighted by Crippen LogP contribution is 2.25. The van der Waals surface area contributed by atoms with Crippen molar-refractivity contribution in [1.82, 2.24) is 4.98 Å².